The monoisotopic (exact) mass is 238 g/mol. The quantitative estimate of drug-likeness (QED) is 0.806. The fourth-order valence-corrected chi connectivity index (χ4v) is 1.82. The third kappa shape index (κ3) is 3.20. The van der Waals surface area contributed by atoms with Crippen molar-refractivity contribution in [2.45, 2.75) is 6.42 Å². The number of nitrogens with zero attached hydrogens (tertiary/aromatic N) is 3. The van der Waals surface area contributed by atoms with Gasteiger partial charge in [0.1, 0.15) is 0 Å². The van der Waals surface area contributed by atoms with Gasteiger partial charge in [-0.05, 0) is 6.07 Å². The lowest BCUT2D eigenvalue weighted by atomic mass is 10.3. The van der Waals surface area contributed by atoms with Crippen molar-refractivity contribution < 1.29 is 9.53 Å². The molecule has 0 aromatic carbocycles. The minimum atomic E-state index is -0.00420. The Kier molecular flexibility index (Phi) is 3.98. The van der Waals surface area contributed by atoms with Gasteiger partial charge in [0, 0.05) is 45.0 Å². The summed E-state index contributed by atoms with van der Waals surface area (Å²) >= 11 is 0. The zero-order chi connectivity index (χ0) is 12.1. The Morgan fingerprint density at radius 2 is 2.29 bits per heavy atom. The first-order valence-electron chi connectivity index (χ1n) is 5.85. The number of urea groups is 1. The number of hydrogen-bond donors (Lipinski definition) is 1. The number of amides is 2. The van der Waals surface area contributed by atoms with Gasteiger partial charge in [-0.15, -0.1) is 0 Å². The Hall–Kier alpha value is -1.56. The summed E-state index contributed by atoms with van der Waals surface area (Å²) in [6.07, 6.45) is 2.56. The Morgan fingerprint density at radius 1 is 1.53 bits per heavy atom. The number of carbonyl (C=O) groups excluding carboxylic acids is 1. The van der Waals surface area contributed by atoms with Crippen molar-refractivity contribution in [2.75, 3.05) is 32.8 Å². The van der Waals surface area contributed by atoms with Gasteiger partial charge < -0.3 is 15.0 Å². The van der Waals surface area contributed by atoms with Gasteiger partial charge in [0.25, 0.3) is 0 Å². The van der Waals surface area contributed by atoms with Crippen molar-refractivity contribution in [3.63, 3.8) is 0 Å². The highest BCUT2D eigenvalue weighted by molar-refractivity contribution is 5.74. The number of aromatic nitrogens is 2. The van der Waals surface area contributed by atoms with Crippen LogP contribution < -0.4 is 5.32 Å². The van der Waals surface area contributed by atoms with Gasteiger partial charge in [-0.1, -0.05) is 0 Å². The van der Waals surface area contributed by atoms with Gasteiger partial charge in [-0.3, -0.25) is 4.68 Å². The molecule has 1 aliphatic heterocycles. The van der Waals surface area contributed by atoms with Gasteiger partial charge in [-0.2, -0.15) is 5.10 Å². The molecule has 6 heteroatoms. The van der Waals surface area contributed by atoms with Crippen LogP contribution in [0, 0.1) is 0 Å². The molecule has 1 fully saturated rings. The van der Waals surface area contributed by atoms with Gasteiger partial charge in [0.15, 0.2) is 0 Å². The van der Waals surface area contributed by atoms with Crippen LogP contribution in [-0.4, -0.2) is 53.6 Å². The van der Waals surface area contributed by atoms with E-state index in [1.807, 2.05) is 17.8 Å². The van der Waals surface area contributed by atoms with Crippen LogP contribution in [0.2, 0.25) is 0 Å². The second-order valence-electron chi connectivity index (χ2n) is 4.03. The molecular weight excluding hydrogens is 220 g/mol. The minimum absolute atomic E-state index is 0.00420. The Labute approximate surface area is 101 Å². The maximum Gasteiger partial charge on any atom is 0.317 e. The molecule has 1 aromatic rings. The lowest BCUT2D eigenvalue weighted by molar-refractivity contribution is 0.0533. The van der Waals surface area contributed by atoms with E-state index in [2.05, 4.69) is 10.4 Å². The number of aryl methyl sites for hydroxylation is 1. The number of rotatable bonds is 3. The predicted molar refractivity (Wildman–Crippen MR) is 62.7 cm³/mol. The molecule has 1 N–H and O–H groups in total. The first-order valence-corrected chi connectivity index (χ1v) is 5.85. The molecule has 0 radical (unpaired) electrons. The van der Waals surface area contributed by atoms with Crippen molar-refractivity contribution in [3.8, 4) is 0 Å². The van der Waals surface area contributed by atoms with Crippen molar-refractivity contribution in [1.82, 2.24) is 20.0 Å². The smallest absolute Gasteiger partial charge is 0.317 e. The largest absolute Gasteiger partial charge is 0.378 e. The van der Waals surface area contributed by atoms with Crippen LogP contribution in [0.1, 0.15) is 5.69 Å². The summed E-state index contributed by atoms with van der Waals surface area (Å²) in [4.78, 5) is 13.5. The number of ether oxygens (including phenoxy) is 1. The summed E-state index contributed by atoms with van der Waals surface area (Å²) in [5, 5.41) is 6.99. The third-order valence-corrected chi connectivity index (χ3v) is 2.88. The van der Waals surface area contributed by atoms with Crippen LogP contribution in [-0.2, 0) is 18.2 Å². The molecule has 1 aliphatic rings. The number of morpholine rings is 1. The number of nitrogens with one attached hydrogen (secondary N) is 1. The Bertz CT molecular complexity index is 371. The summed E-state index contributed by atoms with van der Waals surface area (Å²) in [6.45, 7) is 3.26. The molecule has 2 heterocycles. The van der Waals surface area contributed by atoms with Gasteiger partial charge in [0.2, 0.25) is 0 Å². The molecule has 6 nitrogen and oxygen atoms in total. The summed E-state index contributed by atoms with van der Waals surface area (Å²) in [6, 6.07) is 1.96. The van der Waals surface area contributed by atoms with Crippen molar-refractivity contribution in [3.05, 3.63) is 18.0 Å². The average Bonchev–Trinajstić information content (AvgIpc) is 2.76. The van der Waals surface area contributed by atoms with E-state index in [1.54, 1.807) is 11.1 Å². The second kappa shape index (κ2) is 5.67. The van der Waals surface area contributed by atoms with E-state index >= 15 is 0 Å². The summed E-state index contributed by atoms with van der Waals surface area (Å²) < 4.78 is 7.02. The lowest BCUT2D eigenvalue weighted by Crippen LogP contribution is -2.46. The molecule has 0 saturated carbocycles. The van der Waals surface area contributed by atoms with Crippen molar-refractivity contribution >= 4 is 6.03 Å². The van der Waals surface area contributed by atoms with E-state index in [9.17, 15) is 4.79 Å². The van der Waals surface area contributed by atoms with E-state index in [1.165, 1.54) is 0 Å². The molecular formula is C11H18N4O2. The summed E-state index contributed by atoms with van der Waals surface area (Å²) in [5.74, 6) is 0. The lowest BCUT2D eigenvalue weighted by Gasteiger charge is -2.26. The molecule has 0 unspecified atom stereocenters. The first kappa shape index (κ1) is 11.9. The SMILES string of the molecule is Cn1nccc1CCNC(=O)N1CCOCC1. The van der Waals surface area contributed by atoms with Gasteiger partial charge >= 0.3 is 6.03 Å². The van der Waals surface area contributed by atoms with Gasteiger partial charge in [-0.25, -0.2) is 4.79 Å². The van der Waals surface area contributed by atoms with Crippen LogP contribution >= 0.6 is 0 Å². The highest BCUT2D eigenvalue weighted by Crippen LogP contribution is 1.99. The zero-order valence-corrected chi connectivity index (χ0v) is 10.1. The minimum Gasteiger partial charge on any atom is -0.378 e. The molecule has 17 heavy (non-hydrogen) atoms. The van der Waals surface area contributed by atoms with Gasteiger partial charge in [0.05, 0.1) is 13.2 Å². The maximum atomic E-state index is 11.7. The summed E-state index contributed by atoms with van der Waals surface area (Å²) in [7, 11) is 1.90. The number of carbonyl (C=O) groups is 1. The van der Waals surface area contributed by atoms with Crippen LogP contribution in [0.15, 0.2) is 12.3 Å². The topological polar surface area (TPSA) is 59.4 Å². The fourth-order valence-electron chi connectivity index (χ4n) is 1.82. The standard InChI is InChI=1S/C11H18N4O2/c1-14-10(3-5-13-14)2-4-12-11(16)15-6-8-17-9-7-15/h3,5H,2,4,6-9H2,1H3,(H,12,16). The molecule has 2 amide bonds. The first-order chi connectivity index (χ1) is 8.27. The molecule has 0 aliphatic carbocycles. The Morgan fingerprint density at radius 3 is 2.94 bits per heavy atom. The van der Waals surface area contributed by atoms with E-state index in [-0.39, 0.29) is 6.03 Å². The highest BCUT2D eigenvalue weighted by Gasteiger charge is 2.15. The molecule has 94 valence electrons. The van der Waals surface area contributed by atoms with Crippen LogP contribution in [0.25, 0.3) is 0 Å². The molecule has 1 saturated heterocycles. The van der Waals surface area contributed by atoms with E-state index in [0.717, 1.165) is 12.1 Å². The molecule has 0 atom stereocenters. The zero-order valence-electron chi connectivity index (χ0n) is 10.1. The normalized spacial score (nSPS) is 15.9. The predicted octanol–water partition coefficient (Wildman–Crippen LogP) is 0.00440. The van der Waals surface area contributed by atoms with Crippen molar-refractivity contribution in [1.29, 1.82) is 0 Å². The highest BCUT2D eigenvalue weighted by atomic mass is 16.5. The van der Waals surface area contributed by atoms with Crippen LogP contribution in [0.3, 0.4) is 0 Å². The van der Waals surface area contributed by atoms with E-state index in [4.69, 9.17) is 4.74 Å². The summed E-state index contributed by atoms with van der Waals surface area (Å²) in [5.41, 5.74) is 1.12. The van der Waals surface area contributed by atoms with Crippen molar-refractivity contribution in [2.24, 2.45) is 7.05 Å². The molecule has 0 spiro atoms. The fraction of sp³-hybridized carbons (Fsp3) is 0.636. The Balaban J connectivity index is 1.71. The van der Waals surface area contributed by atoms with E-state index < -0.39 is 0 Å². The van der Waals surface area contributed by atoms with E-state index in [0.29, 0.717) is 32.8 Å². The average molecular weight is 238 g/mol. The van der Waals surface area contributed by atoms with Crippen LogP contribution in [0.5, 0.6) is 0 Å². The molecule has 0 bridgehead atoms. The third-order valence-electron chi connectivity index (χ3n) is 2.88. The van der Waals surface area contributed by atoms with Crippen LogP contribution in [0.4, 0.5) is 4.79 Å². The molecule has 2 rings (SSSR count). The molecule has 1 aromatic heterocycles. The number of hydrogen-bond acceptors (Lipinski definition) is 3. The second-order valence-corrected chi connectivity index (χ2v) is 4.03. The maximum absolute atomic E-state index is 11.7.